The number of amides is 2. The number of halogens is 2. The molecular formula is C26H26Cl2N2O2. The van der Waals surface area contributed by atoms with Gasteiger partial charge in [-0.25, -0.2) is 0 Å². The van der Waals surface area contributed by atoms with E-state index in [2.05, 4.69) is 5.32 Å². The average molecular weight is 469 g/mol. The first-order valence-electron chi connectivity index (χ1n) is 10.6. The zero-order valence-electron chi connectivity index (χ0n) is 17.9. The van der Waals surface area contributed by atoms with Crippen molar-refractivity contribution >= 4 is 35.0 Å². The summed E-state index contributed by atoms with van der Waals surface area (Å²) in [5.41, 5.74) is 2.47. The third-order valence-electron chi connectivity index (χ3n) is 5.21. The summed E-state index contributed by atoms with van der Waals surface area (Å²) in [7, 11) is 0. The second-order valence-corrected chi connectivity index (χ2v) is 8.30. The second-order valence-electron chi connectivity index (χ2n) is 7.48. The minimum atomic E-state index is -0.707. The van der Waals surface area contributed by atoms with Gasteiger partial charge in [0, 0.05) is 35.1 Å². The van der Waals surface area contributed by atoms with Crippen LogP contribution >= 0.6 is 23.2 Å². The van der Waals surface area contributed by atoms with Crippen LogP contribution in [0.5, 0.6) is 0 Å². The van der Waals surface area contributed by atoms with E-state index in [1.165, 1.54) is 0 Å². The molecule has 3 rings (SSSR count). The Morgan fingerprint density at radius 3 is 1.97 bits per heavy atom. The maximum absolute atomic E-state index is 13.5. The minimum Gasteiger partial charge on any atom is -0.355 e. The molecule has 6 heteroatoms. The number of nitrogens with one attached hydrogen (secondary N) is 1. The quantitative estimate of drug-likeness (QED) is 0.462. The summed E-state index contributed by atoms with van der Waals surface area (Å²) in [5.74, 6) is -0.375. The molecule has 1 unspecified atom stereocenters. The van der Waals surface area contributed by atoms with Crippen molar-refractivity contribution < 1.29 is 9.59 Å². The largest absolute Gasteiger partial charge is 0.355 e. The van der Waals surface area contributed by atoms with Crippen molar-refractivity contribution in [3.05, 3.63) is 106 Å². The molecule has 2 amide bonds. The Morgan fingerprint density at radius 1 is 0.844 bits per heavy atom. The molecule has 0 fully saturated rings. The number of carbonyl (C=O) groups excluding carboxylic acids is 2. The Kier molecular flexibility index (Phi) is 8.72. The van der Waals surface area contributed by atoms with Crippen molar-refractivity contribution in [3.63, 3.8) is 0 Å². The van der Waals surface area contributed by atoms with Gasteiger partial charge in [0.25, 0.3) is 0 Å². The molecule has 3 aromatic rings. The average Bonchev–Trinajstić information content (AvgIpc) is 2.79. The molecule has 166 valence electrons. The van der Waals surface area contributed by atoms with E-state index in [4.69, 9.17) is 23.2 Å². The molecule has 0 aliphatic carbocycles. The number of carbonyl (C=O) groups is 2. The SMILES string of the molecule is CCNC(=O)C(Cc1ccccc1)N(Cc1c(Cl)cccc1Cl)C(=O)Cc1ccccc1. The highest BCUT2D eigenvalue weighted by Gasteiger charge is 2.31. The monoisotopic (exact) mass is 468 g/mol. The molecule has 0 saturated heterocycles. The Bertz CT molecular complexity index is 1020. The van der Waals surface area contributed by atoms with Crippen molar-refractivity contribution in [1.82, 2.24) is 10.2 Å². The van der Waals surface area contributed by atoms with Gasteiger partial charge in [0.2, 0.25) is 11.8 Å². The number of rotatable bonds is 9. The van der Waals surface area contributed by atoms with E-state index >= 15 is 0 Å². The van der Waals surface area contributed by atoms with Crippen LogP contribution in [0.2, 0.25) is 10.0 Å². The predicted molar refractivity (Wildman–Crippen MR) is 130 cm³/mol. The molecule has 0 heterocycles. The second kappa shape index (κ2) is 11.7. The van der Waals surface area contributed by atoms with Gasteiger partial charge in [-0.3, -0.25) is 9.59 Å². The van der Waals surface area contributed by atoms with Crippen molar-refractivity contribution in [1.29, 1.82) is 0 Å². The van der Waals surface area contributed by atoms with E-state index in [9.17, 15) is 9.59 Å². The van der Waals surface area contributed by atoms with Gasteiger partial charge in [0.15, 0.2) is 0 Å². The summed E-state index contributed by atoms with van der Waals surface area (Å²) < 4.78 is 0. The van der Waals surface area contributed by atoms with Crippen molar-refractivity contribution in [3.8, 4) is 0 Å². The normalized spacial score (nSPS) is 11.6. The molecule has 3 aromatic carbocycles. The fourth-order valence-corrected chi connectivity index (χ4v) is 4.09. The zero-order valence-corrected chi connectivity index (χ0v) is 19.4. The smallest absolute Gasteiger partial charge is 0.243 e. The van der Waals surface area contributed by atoms with Crippen LogP contribution in [0, 0.1) is 0 Å². The number of likely N-dealkylation sites (N-methyl/N-ethyl adjacent to an activating group) is 1. The molecular weight excluding hydrogens is 443 g/mol. The molecule has 32 heavy (non-hydrogen) atoms. The van der Waals surface area contributed by atoms with Crippen LogP contribution in [-0.4, -0.2) is 29.3 Å². The highest BCUT2D eigenvalue weighted by atomic mass is 35.5. The summed E-state index contributed by atoms with van der Waals surface area (Å²) in [6, 6.07) is 23.7. The van der Waals surface area contributed by atoms with Gasteiger partial charge in [0.05, 0.1) is 6.42 Å². The van der Waals surface area contributed by atoms with Gasteiger partial charge in [-0.1, -0.05) is 89.9 Å². The highest BCUT2D eigenvalue weighted by Crippen LogP contribution is 2.27. The lowest BCUT2D eigenvalue weighted by Gasteiger charge is -2.32. The van der Waals surface area contributed by atoms with Crippen molar-refractivity contribution in [2.45, 2.75) is 32.4 Å². The van der Waals surface area contributed by atoms with Crippen LogP contribution < -0.4 is 5.32 Å². The topological polar surface area (TPSA) is 49.4 Å². The van der Waals surface area contributed by atoms with E-state index in [-0.39, 0.29) is 24.8 Å². The number of nitrogens with zero attached hydrogens (tertiary/aromatic N) is 1. The molecule has 0 bridgehead atoms. The summed E-state index contributed by atoms with van der Waals surface area (Å²) >= 11 is 12.8. The number of hydrogen-bond donors (Lipinski definition) is 1. The highest BCUT2D eigenvalue weighted by molar-refractivity contribution is 6.36. The van der Waals surface area contributed by atoms with E-state index in [0.717, 1.165) is 11.1 Å². The Morgan fingerprint density at radius 2 is 1.41 bits per heavy atom. The number of hydrogen-bond acceptors (Lipinski definition) is 2. The fourth-order valence-electron chi connectivity index (χ4n) is 3.57. The molecule has 1 N–H and O–H groups in total. The lowest BCUT2D eigenvalue weighted by Crippen LogP contribution is -2.51. The van der Waals surface area contributed by atoms with Crippen LogP contribution in [-0.2, 0) is 29.0 Å². The predicted octanol–water partition coefficient (Wildman–Crippen LogP) is 5.31. The van der Waals surface area contributed by atoms with Crippen LogP contribution in [0.25, 0.3) is 0 Å². The van der Waals surface area contributed by atoms with E-state index in [0.29, 0.717) is 28.6 Å². The Hall–Kier alpha value is -2.82. The summed E-state index contributed by atoms with van der Waals surface area (Å²) in [5, 5.41) is 3.81. The van der Waals surface area contributed by atoms with Crippen LogP contribution in [0.1, 0.15) is 23.6 Å². The van der Waals surface area contributed by atoms with Crippen molar-refractivity contribution in [2.75, 3.05) is 6.54 Å². The lowest BCUT2D eigenvalue weighted by atomic mass is 10.0. The number of benzene rings is 3. The molecule has 0 aromatic heterocycles. The molecule has 0 spiro atoms. The van der Waals surface area contributed by atoms with E-state index in [1.807, 2.05) is 67.6 Å². The first kappa shape index (κ1) is 23.8. The maximum atomic E-state index is 13.5. The van der Waals surface area contributed by atoms with Gasteiger partial charge >= 0.3 is 0 Å². The van der Waals surface area contributed by atoms with Crippen LogP contribution in [0.4, 0.5) is 0 Å². The summed E-state index contributed by atoms with van der Waals surface area (Å²) in [6.07, 6.45) is 0.558. The van der Waals surface area contributed by atoms with E-state index < -0.39 is 6.04 Å². The Balaban J connectivity index is 1.99. The minimum absolute atomic E-state index is 0.138. The molecule has 0 radical (unpaired) electrons. The van der Waals surface area contributed by atoms with E-state index in [1.54, 1.807) is 23.1 Å². The van der Waals surface area contributed by atoms with Gasteiger partial charge < -0.3 is 10.2 Å². The molecule has 0 aliphatic heterocycles. The fraction of sp³-hybridized carbons (Fsp3) is 0.231. The molecule has 4 nitrogen and oxygen atoms in total. The first-order valence-corrected chi connectivity index (χ1v) is 11.3. The van der Waals surface area contributed by atoms with Gasteiger partial charge in [-0.15, -0.1) is 0 Å². The standard InChI is InChI=1S/C26H26Cl2N2O2/c1-2-29-26(32)24(16-19-10-5-3-6-11-19)30(18-21-22(27)14-9-15-23(21)28)25(31)17-20-12-7-4-8-13-20/h3-15,24H,2,16-18H2,1H3,(H,29,32). The summed E-state index contributed by atoms with van der Waals surface area (Å²) in [4.78, 5) is 28.3. The van der Waals surface area contributed by atoms with Crippen molar-refractivity contribution in [2.24, 2.45) is 0 Å². The zero-order chi connectivity index (χ0) is 22.9. The molecule has 0 aliphatic rings. The lowest BCUT2D eigenvalue weighted by molar-refractivity contribution is -0.140. The van der Waals surface area contributed by atoms with Crippen LogP contribution in [0.3, 0.4) is 0 Å². The van der Waals surface area contributed by atoms with Gasteiger partial charge in [-0.05, 0) is 30.2 Å². The maximum Gasteiger partial charge on any atom is 0.243 e. The first-order chi connectivity index (χ1) is 15.5. The van der Waals surface area contributed by atoms with Gasteiger partial charge in [0.1, 0.15) is 6.04 Å². The third-order valence-corrected chi connectivity index (χ3v) is 5.92. The molecule has 0 saturated carbocycles. The third kappa shape index (κ3) is 6.35. The Labute approximate surface area is 199 Å². The summed E-state index contributed by atoms with van der Waals surface area (Å²) in [6.45, 7) is 2.47. The van der Waals surface area contributed by atoms with Crippen LogP contribution in [0.15, 0.2) is 78.9 Å². The molecule has 1 atom stereocenters. The van der Waals surface area contributed by atoms with Gasteiger partial charge in [-0.2, -0.15) is 0 Å².